The number of primary amides is 1. The third-order valence-electron chi connectivity index (χ3n) is 4.59. The molecule has 0 radical (unpaired) electrons. The number of nitrogens with zero attached hydrogens (tertiary/aromatic N) is 2. The van der Waals surface area contributed by atoms with Gasteiger partial charge in [-0.15, -0.1) is 0 Å². The second-order valence-electron chi connectivity index (χ2n) is 6.46. The van der Waals surface area contributed by atoms with Crippen molar-refractivity contribution in [3.8, 4) is 5.88 Å². The van der Waals surface area contributed by atoms with Gasteiger partial charge >= 0.3 is 0 Å². The van der Waals surface area contributed by atoms with Crippen LogP contribution in [0.5, 0.6) is 5.88 Å². The van der Waals surface area contributed by atoms with Crippen LogP contribution in [0.15, 0.2) is 42.6 Å². The minimum Gasteiger partial charge on any atom is -0.477 e. The first-order valence-corrected chi connectivity index (χ1v) is 8.84. The zero-order valence-electron chi connectivity index (χ0n) is 14.9. The Labute approximate surface area is 153 Å². The zero-order chi connectivity index (χ0) is 18.5. The number of pyridine rings is 1. The molecular formula is C20H23N3O3. The van der Waals surface area contributed by atoms with E-state index in [9.17, 15) is 9.59 Å². The number of hydrogen-bond donors (Lipinski definition) is 1. The highest BCUT2D eigenvalue weighted by Gasteiger charge is 2.29. The summed E-state index contributed by atoms with van der Waals surface area (Å²) in [6.07, 6.45) is 3.37. The van der Waals surface area contributed by atoms with Crippen LogP contribution in [-0.2, 0) is 6.42 Å². The van der Waals surface area contributed by atoms with Gasteiger partial charge in [-0.1, -0.05) is 12.1 Å². The van der Waals surface area contributed by atoms with Crippen LogP contribution in [0.3, 0.4) is 0 Å². The monoisotopic (exact) mass is 353 g/mol. The van der Waals surface area contributed by atoms with E-state index in [1.807, 2.05) is 30.0 Å². The molecule has 1 saturated heterocycles. The summed E-state index contributed by atoms with van der Waals surface area (Å²) in [7, 11) is 0. The smallest absolute Gasteiger partial charge is 0.259 e. The fourth-order valence-corrected chi connectivity index (χ4v) is 3.34. The first-order valence-electron chi connectivity index (χ1n) is 8.84. The van der Waals surface area contributed by atoms with Gasteiger partial charge in [-0.05, 0) is 55.5 Å². The van der Waals surface area contributed by atoms with Gasteiger partial charge in [-0.3, -0.25) is 9.59 Å². The molecule has 1 atom stereocenters. The number of benzene rings is 1. The molecule has 6 nitrogen and oxygen atoms in total. The van der Waals surface area contributed by atoms with E-state index in [-0.39, 0.29) is 5.91 Å². The lowest BCUT2D eigenvalue weighted by Gasteiger charge is -2.18. The van der Waals surface area contributed by atoms with Crippen molar-refractivity contribution in [2.45, 2.75) is 19.8 Å². The molecule has 2 N–H and O–H groups in total. The first-order chi connectivity index (χ1) is 12.6. The van der Waals surface area contributed by atoms with E-state index in [0.717, 1.165) is 18.4 Å². The maximum Gasteiger partial charge on any atom is 0.259 e. The van der Waals surface area contributed by atoms with Crippen molar-refractivity contribution >= 4 is 11.8 Å². The topological polar surface area (TPSA) is 85.5 Å². The summed E-state index contributed by atoms with van der Waals surface area (Å²) in [4.78, 5) is 30.2. The van der Waals surface area contributed by atoms with Crippen LogP contribution in [-0.4, -0.2) is 41.4 Å². The highest BCUT2D eigenvalue weighted by Crippen LogP contribution is 2.25. The average molecular weight is 353 g/mol. The molecule has 1 aliphatic rings. The quantitative estimate of drug-likeness (QED) is 0.863. The summed E-state index contributed by atoms with van der Waals surface area (Å²) >= 11 is 0. The van der Waals surface area contributed by atoms with Gasteiger partial charge in [0, 0.05) is 24.8 Å². The molecule has 2 aromatic rings. The van der Waals surface area contributed by atoms with E-state index in [2.05, 4.69) is 4.98 Å². The van der Waals surface area contributed by atoms with Gasteiger partial charge in [0.15, 0.2) is 0 Å². The van der Waals surface area contributed by atoms with Gasteiger partial charge in [0.25, 0.3) is 5.91 Å². The van der Waals surface area contributed by atoms with Gasteiger partial charge in [0.05, 0.1) is 6.61 Å². The first kappa shape index (κ1) is 17.9. The Morgan fingerprint density at radius 3 is 2.92 bits per heavy atom. The Morgan fingerprint density at radius 2 is 2.15 bits per heavy atom. The minimum absolute atomic E-state index is 0.0464. The highest BCUT2D eigenvalue weighted by atomic mass is 16.5. The summed E-state index contributed by atoms with van der Waals surface area (Å²) in [6.45, 7) is 3.73. The van der Waals surface area contributed by atoms with E-state index in [1.54, 1.807) is 24.4 Å². The van der Waals surface area contributed by atoms with Crippen LogP contribution in [0.1, 0.15) is 39.6 Å². The van der Waals surface area contributed by atoms with Gasteiger partial charge in [-0.25, -0.2) is 4.98 Å². The molecule has 1 aliphatic heterocycles. The van der Waals surface area contributed by atoms with Crippen molar-refractivity contribution in [2.75, 3.05) is 19.7 Å². The van der Waals surface area contributed by atoms with Crippen molar-refractivity contribution in [2.24, 2.45) is 11.7 Å². The maximum atomic E-state index is 12.8. The van der Waals surface area contributed by atoms with Crippen LogP contribution in [0.25, 0.3) is 0 Å². The SMILES string of the molecule is CCOc1ncccc1C(=O)N1CCC(Cc2cccc(C(N)=O)c2)C1. The lowest BCUT2D eigenvalue weighted by Crippen LogP contribution is -2.29. The number of ether oxygens (including phenoxy) is 1. The summed E-state index contributed by atoms with van der Waals surface area (Å²) < 4.78 is 5.47. The van der Waals surface area contributed by atoms with Crippen molar-refractivity contribution in [3.63, 3.8) is 0 Å². The average Bonchev–Trinajstić information content (AvgIpc) is 3.10. The fraction of sp³-hybridized carbons (Fsp3) is 0.350. The van der Waals surface area contributed by atoms with E-state index < -0.39 is 5.91 Å². The lowest BCUT2D eigenvalue weighted by atomic mass is 9.97. The van der Waals surface area contributed by atoms with E-state index in [0.29, 0.717) is 42.6 Å². The van der Waals surface area contributed by atoms with Gasteiger partial charge in [0.1, 0.15) is 5.56 Å². The number of carbonyl (C=O) groups excluding carboxylic acids is 2. The maximum absolute atomic E-state index is 12.8. The molecule has 6 heteroatoms. The number of hydrogen-bond acceptors (Lipinski definition) is 4. The Morgan fingerprint density at radius 1 is 1.31 bits per heavy atom. The molecule has 1 fully saturated rings. The van der Waals surface area contributed by atoms with Crippen LogP contribution < -0.4 is 10.5 Å². The van der Waals surface area contributed by atoms with E-state index in [1.165, 1.54) is 0 Å². The zero-order valence-corrected chi connectivity index (χ0v) is 14.9. The van der Waals surface area contributed by atoms with Gasteiger partial charge < -0.3 is 15.4 Å². The van der Waals surface area contributed by atoms with Crippen molar-refractivity contribution in [1.29, 1.82) is 0 Å². The van der Waals surface area contributed by atoms with E-state index >= 15 is 0 Å². The Bertz CT molecular complexity index is 806. The second kappa shape index (κ2) is 7.99. The van der Waals surface area contributed by atoms with Crippen molar-refractivity contribution < 1.29 is 14.3 Å². The molecule has 1 unspecified atom stereocenters. The van der Waals surface area contributed by atoms with Crippen LogP contribution in [0.2, 0.25) is 0 Å². The van der Waals surface area contributed by atoms with Gasteiger partial charge in [-0.2, -0.15) is 0 Å². The highest BCUT2D eigenvalue weighted by molar-refractivity contribution is 5.96. The number of amides is 2. The van der Waals surface area contributed by atoms with Crippen LogP contribution in [0, 0.1) is 5.92 Å². The Hall–Kier alpha value is -2.89. The molecule has 136 valence electrons. The summed E-state index contributed by atoms with van der Waals surface area (Å²) in [5, 5.41) is 0. The van der Waals surface area contributed by atoms with E-state index in [4.69, 9.17) is 10.5 Å². The largest absolute Gasteiger partial charge is 0.477 e. The van der Waals surface area contributed by atoms with Crippen LogP contribution in [0.4, 0.5) is 0 Å². The third-order valence-corrected chi connectivity index (χ3v) is 4.59. The number of likely N-dealkylation sites (tertiary alicyclic amines) is 1. The molecule has 0 bridgehead atoms. The molecule has 26 heavy (non-hydrogen) atoms. The fourth-order valence-electron chi connectivity index (χ4n) is 3.34. The van der Waals surface area contributed by atoms with Crippen molar-refractivity contribution in [3.05, 3.63) is 59.3 Å². The predicted octanol–water partition coefficient (Wildman–Crippen LogP) is 2.28. The minimum atomic E-state index is -0.421. The molecule has 0 spiro atoms. The normalized spacial score (nSPS) is 16.5. The number of rotatable bonds is 6. The Balaban J connectivity index is 1.66. The molecular weight excluding hydrogens is 330 g/mol. The Kier molecular flexibility index (Phi) is 5.51. The number of carbonyl (C=O) groups is 2. The molecule has 0 saturated carbocycles. The lowest BCUT2D eigenvalue weighted by molar-refractivity contribution is 0.0781. The summed E-state index contributed by atoms with van der Waals surface area (Å²) in [5.41, 5.74) is 7.44. The van der Waals surface area contributed by atoms with Crippen molar-refractivity contribution in [1.82, 2.24) is 9.88 Å². The molecule has 2 heterocycles. The molecule has 1 aromatic carbocycles. The third kappa shape index (κ3) is 4.02. The number of nitrogens with two attached hydrogens (primary N) is 1. The van der Waals surface area contributed by atoms with Crippen LogP contribution >= 0.6 is 0 Å². The molecule has 2 amide bonds. The molecule has 3 rings (SSSR count). The standard InChI is InChI=1S/C20H23N3O3/c1-2-26-19-17(7-4-9-22-19)20(25)23-10-8-15(13-23)11-14-5-3-6-16(12-14)18(21)24/h3-7,9,12,15H,2,8,10-11,13H2,1H3,(H2,21,24). The van der Waals surface area contributed by atoms with Gasteiger partial charge in [0.2, 0.25) is 11.8 Å². The predicted molar refractivity (Wildman–Crippen MR) is 98.1 cm³/mol. The number of aromatic nitrogens is 1. The second-order valence-corrected chi connectivity index (χ2v) is 6.46. The molecule has 0 aliphatic carbocycles. The molecule has 1 aromatic heterocycles. The summed E-state index contributed by atoms with van der Waals surface area (Å²) in [6, 6.07) is 10.9. The summed E-state index contributed by atoms with van der Waals surface area (Å²) in [5.74, 6) is 0.275.